The van der Waals surface area contributed by atoms with Crippen LogP contribution in [-0.2, 0) is 6.54 Å². The van der Waals surface area contributed by atoms with Gasteiger partial charge in [-0.1, -0.05) is 48.5 Å². The summed E-state index contributed by atoms with van der Waals surface area (Å²) >= 11 is 3.58. The molecule has 3 nitrogen and oxygen atoms in total. The van der Waals surface area contributed by atoms with E-state index < -0.39 is 0 Å². The van der Waals surface area contributed by atoms with Crippen molar-refractivity contribution in [1.29, 1.82) is 0 Å². The highest BCUT2D eigenvalue weighted by molar-refractivity contribution is 9.10. The molecule has 0 aliphatic carbocycles. The topological polar surface area (TPSA) is 30.5 Å². The molecule has 0 unspecified atom stereocenters. The van der Waals surface area contributed by atoms with Gasteiger partial charge in [0, 0.05) is 16.6 Å². The molecule has 1 N–H and O–H groups in total. The van der Waals surface area contributed by atoms with Crippen LogP contribution in [0, 0.1) is 0 Å². The molecule has 0 heterocycles. The molecule has 0 amide bonds. The molecule has 0 bridgehead atoms. The quantitative estimate of drug-likeness (QED) is 0.633. The first-order chi connectivity index (χ1) is 9.74. The van der Waals surface area contributed by atoms with Crippen molar-refractivity contribution in [2.75, 3.05) is 20.8 Å². The third kappa shape index (κ3) is 5.33. The molecule has 1 rings (SSSR count). The van der Waals surface area contributed by atoms with Crippen LogP contribution in [0.3, 0.4) is 0 Å². The number of hydrogen-bond donors (Lipinski definition) is 1. The van der Waals surface area contributed by atoms with Crippen molar-refractivity contribution in [3.63, 3.8) is 0 Å². The highest BCUT2D eigenvalue weighted by atomic mass is 79.9. The predicted molar refractivity (Wildman–Crippen MR) is 87.7 cm³/mol. The maximum absolute atomic E-state index is 5.46. The third-order valence-electron chi connectivity index (χ3n) is 3.35. The summed E-state index contributed by atoms with van der Waals surface area (Å²) in [4.78, 5) is 0. The monoisotopic (exact) mass is 343 g/mol. The summed E-state index contributed by atoms with van der Waals surface area (Å²) in [5.74, 6) is 1.58. The Kier molecular flexibility index (Phi) is 8.70. The third-order valence-corrected chi connectivity index (χ3v) is 4.09. The molecule has 1 aromatic carbocycles. The maximum atomic E-state index is 5.46. The van der Waals surface area contributed by atoms with E-state index >= 15 is 0 Å². The second-order valence-corrected chi connectivity index (χ2v) is 5.71. The minimum Gasteiger partial charge on any atom is -0.493 e. The summed E-state index contributed by atoms with van der Waals surface area (Å²) in [6.07, 6.45) is 6.50. The van der Waals surface area contributed by atoms with E-state index in [1.165, 1.54) is 32.1 Å². The molecule has 0 aromatic heterocycles. The number of halogens is 1. The fraction of sp³-hybridized carbons (Fsp3) is 0.625. The average Bonchev–Trinajstić information content (AvgIpc) is 2.47. The van der Waals surface area contributed by atoms with E-state index in [4.69, 9.17) is 9.47 Å². The van der Waals surface area contributed by atoms with Gasteiger partial charge < -0.3 is 14.8 Å². The molecular formula is C16H26BrNO2. The van der Waals surface area contributed by atoms with Crippen LogP contribution in [0.15, 0.2) is 16.6 Å². The molecule has 0 spiro atoms. The van der Waals surface area contributed by atoms with Crippen LogP contribution in [0.4, 0.5) is 0 Å². The van der Waals surface area contributed by atoms with Crippen molar-refractivity contribution in [3.8, 4) is 11.5 Å². The molecule has 20 heavy (non-hydrogen) atoms. The second kappa shape index (κ2) is 10.1. The van der Waals surface area contributed by atoms with Gasteiger partial charge in [-0.15, -0.1) is 0 Å². The summed E-state index contributed by atoms with van der Waals surface area (Å²) in [7, 11) is 3.34. The fourth-order valence-corrected chi connectivity index (χ4v) is 2.65. The molecule has 0 aliphatic rings. The molecule has 0 saturated heterocycles. The first kappa shape index (κ1) is 17.3. The zero-order chi connectivity index (χ0) is 14.8. The molecule has 114 valence electrons. The number of rotatable bonds is 10. The Balaban J connectivity index is 2.46. The Labute approximate surface area is 131 Å². The predicted octanol–water partition coefficient (Wildman–Crippen LogP) is 4.53. The highest BCUT2D eigenvalue weighted by Crippen LogP contribution is 2.35. The van der Waals surface area contributed by atoms with E-state index in [1.807, 2.05) is 12.1 Å². The normalized spacial score (nSPS) is 10.6. The van der Waals surface area contributed by atoms with Gasteiger partial charge in [-0.2, -0.15) is 0 Å². The van der Waals surface area contributed by atoms with Crippen LogP contribution in [-0.4, -0.2) is 20.8 Å². The lowest BCUT2D eigenvalue weighted by molar-refractivity contribution is 0.350. The Hall–Kier alpha value is -0.740. The van der Waals surface area contributed by atoms with Crippen LogP contribution in [0.25, 0.3) is 0 Å². The Morgan fingerprint density at radius 2 is 1.80 bits per heavy atom. The maximum Gasteiger partial charge on any atom is 0.166 e. The minimum absolute atomic E-state index is 0.774. The van der Waals surface area contributed by atoms with E-state index in [1.54, 1.807) is 14.2 Å². The number of methoxy groups -OCH3 is 2. The number of benzene rings is 1. The van der Waals surface area contributed by atoms with Crippen molar-refractivity contribution in [3.05, 3.63) is 22.2 Å². The first-order valence-corrected chi connectivity index (χ1v) is 8.14. The van der Waals surface area contributed by atoms with Crippen LogP contribution in [0.1, 0.15) is 44.6 Å². The SMILES string of the molecule is CCCCCCCNCc1c(Br)ccc(OC)c1OC. The summed E-state index contributed by atoms with van der Waals surface area (Å²) in [6.45, 7) is 4.07. The standard InChI is InChI=1S/C16H26BrNO2/c1-4-5-6-7-8-11-18-12-13-14(17)9-10-15(19-2)16(13)20-3/h9-10,18H,4-8,11-12H2,1-3H3. The van der Waals surface area contributed by atoms with Gasteiger partial charge in [-0.25, -0.2) is 0 Å². The lowest BCUT2D eigenvalue weighted by atomic mass is 10.1. The van der Waals surface area contributed by atoms with Gasteiger partial charge in [0.25, 0.3) is 0 Å². The van der Waals surface area contributed by atoms with E-state index in [0.717, 1.165) is 34.6 Å². The second-order valence-electron chi connectivity index (χ2n) is 4.85. The molecule has 0 aliphatic heterocycles. The van der Waals surface area contributed by atoms with Crippen LogP contribution >= 0.6 is 15.9 Å². The molecule has 0 fully saturated rings. The Morgan fingerprint density at radius 3 is 2.45 bits per heavy atom. The van der Waals surface area contributed by atoms with Gasteiger partial charge in [0.1, 0.15) is 0 Å². The van der Waals surface area contributed by atoms with Crippen molar-refractivity contribution >= 4 is 15.9 Å². The van der Waals surface area contributed by atoms with Crippen molar-refractivity contribution < 1.29 is 9.47 Å². The van der Waals surface area contributed by atoms with Gasteiger partial charge in [0.15, 0.2) is 11.5 Å². The first-order valence-electron chi connectivity index (χ1n) is 7.34. The smallest absolute Gasteiger partial charge is 0.166 e. The van der Waals surface area contributed by atoms with Gasteiger partial charge in [0.05, 0.1) is 14.2 Å². The highest BCUT2D eigenvalue weighted by Gasteiger charge is 2.12. The largest absolute Gasteiger partial charge is 0.493 e. The lowest BCUT2D eigenvalue weighted by Crippen LogP contribution is -2.16. The van der Waals surface area contributed by atoms with E-state index in [0.29, 0.717) is 0 Å². The van der Waals surface area contributed by atoms with Crippen LogP contribution in [0.5, 0.6) is 11.5 Å². The summed E-state index contributed by atoms with van der Waals surface area (Å²) < 4.78 is 11.8. The van der Waals surface area contributed by atoms with E-state index in [9.17, 15) is 0 Å². The van der Waals surface area contributed by atoms with Crippen molar-refractivity contribution in [2.24, 2.45) is 0 Å². The van der Waals surface area contributed by atoms with Crippen LogP contribution in [0.2, 0.25) is 0 Å². The summed E-state index contributed by atoms with van der Waals surface area (Å²) in [5.41, 5.74) is 1.11. The minimum atomic E-state index is 0.774. The zero-order valence-electron chi connectivity index (χ0n) is 12.8. The molecular weight excluding hydrogens is 318 g/mol. The van der Waals surface area contributed by atoms with Gasteiger partial charge in [0.2, 0.25) is 0 Å². The molecule has 0 atom stereocenters. The average molecular weight is 344 g/mol. The fourth-order valence-electron chi connectivity index (χ4n) is 2.20. The number of ether oxygens (including phenoxy) is 2. The number of hydrogen-bond acceptors (Lipinski definition) is 3. The molecule has 4 heteroatoms. The van der Waals surface area contributed by atoms with E-state index in [-0.39, 0.29) is 0 Å². The number of unbranched alkanes of at least 4 members (excludes halogenated alkanes) is 4. The van der Waals surface area contributed by atoms with Gasteiger partial charge in [-0.3, -0.25) is 0 Å². The van der Waals surface area contributed by atoms with Crippen molar-refractivity contribution in [1.82, 2.24) is 5.32 Å². The summed E-state index contributed by atoms with van der Waals surface area (Å²) in [5, 5.41) is 3.48. The Bertz CT molecular complexity index is 396. The molecule has 0 radical (unpaired) electrons. The van der Waals surface area contributed by atoms with Crippen molar-refractivity contribution in [2.45, 2.75) is 45.6 Å². The van der Waals surface area contributed by atoms with E-state index in [2.05, 4.69) is 28.2 Å². The lowest BCUT2D eigenvalue weighted by Gasteiger charge is -2.15. The van der Waals surface area contributed by atoms with Gasteiger partial charge >= 0.3 is 0 Å². The zero-order valence-corrected chi connectivity index (χ0v) is 14.4. The van der Waals surface area contributed by atoms with Gasteiger partial charge in [-0.05, 0) is 25.1 Å². The number of nitrogens with one attached hydrogen (secondary N) is 1. The van der Waals surface area contributed by atoms with Crippen LogP contribution < -0.4 is 14.8 Å². The molecule has 1 aromatic rings. The Morgan fingerprint density at radius 1 is 1.05 bits per heavy atom. The summed E-state index contributed by atoms with van der Waals surface area (Å²) in [6, 6.07) is 3.91. The molecule has 0 saturated carbocycles.